The quantitative estimate of drug-likeness (QED) is 0.768. The number of hydrogen-bond donors (Lipinski definition) is 0. The smallest absolute Gasteiger partial charge is 0.248 e. The summed E-state index contributed by atoms with van der Waals surface area (Å²) in [6, 6.07) is 0. The highest BCUT2D eigenvalue weighted by Gasteiger charge is 2.26. The third-order valence-corrected chi connectivity index (χ3v) is 4.19. The number of aryl methyl sites for hydroxylation is 1. The molecule has 0 radical (unpaired) electrons. The molecule has 120 valence electrons. The van der Waals surface area contributed by atoms with E-state index in [0.717, 1.165) is 37.3 Å². The summed E-state index contributed by atoms with van der Waals surface area (Å²) in [6.45, 7) is 3.26. The number of hydrogen-bond acceptors (Lipinski definition) is 5. The fourth-order valence-corrected chi connectivity index (χ4v) is 2.99. The predicted octanol–water partition coefficient (Wildman–Crippen LogP) is -0.221. The van der Waals surface area contributed by atoms with Gasteiger partial charge in [-0.15, -0.1) is 5.10 Å². The lowest BCUT2D eigenvalue weighted by molar-refractivity contribution is -0.135. The zero-order chi connectivity index (χ0) is 15.5. The van der Waals surface area contributed by atoms with Gasteiger partial charge in [0.15, 0.2) is 0 Å². The SMILES string of the molecule is COCC(=O)N1CCCn2nnc(CN3CCCC3=O)c2C1. The van der Waals surface area contributed by atoms with E-state index in [1.54, 1.807) is 4.90 Å². The Balaban J connectivity index is 1.77. The van der Waals surface area contributed by atoms with Crippen LogP contribution in [0.2, 0.25) is 0 Å². The molecule has 0 aliphatic carbocycles. The molecule has 1 aromatic rings. The average molecular weight is 307 g/mol. The largest absolute Gasteiger partial charge is 0.375 e. The fourth-order valence-electron chi connectivity index (χ4n) is 2.99. The zero-order valence-corrected chi connectivity index (χ0v) is 12.8. The Morgan fingerprint density at radius 2 is 2.14 bits per heavy atom. The first-order chi connectivity index (χ1) is 10.7. The second-order valence-electron chi connectivity index (χ2n) is 5.73. The summed E-state index contributed by atoms with van der Waals surface area (Å²) in [5, 5.41) is 8.41. The van der Waals surface area contributed by atoms with Crippen molar-refractivity contribution in [3.8, 4) is 0 Å². The van der Waals surface area contributed by atoms with Crippen LogP contribution < -0.4 is 0 Å². The number of carbonyl (C=O) groups excluding carboxylic acids is 2. The maximum Gasteiger partial charge on any atom is 0.248 e. The number of carbonyl (C=O) groups is 2. The van der Waals surface area contributed by atoms with E-state index in [0.29, 0.717) is 26.1 Å². The molecule has 3 heterocycles. The highest BCUT2D eigenvalue weighted by Crippen LogP contribution is 2.19. The minimum Gasteiger partial charge on any atom is -0.375 e. The third kappa shape index (κ3) is 2.96. The van der Waals surface area contributed by atoms with Crippen LogP contribution in [0.3, 0.4) is 0 Å². The lowest BCUT2D eigenvalue weighted by Crippen LogP contribution is -2.34. The van der Waals surface area contributed by atoms with E-state index in [-0.39, 0.29) is 18.4 Å². The third-order valence-electron chi connectivity index (χ3n) is 4.19. The average Bonchev–Trinajstić information content (AvgIpc) is 3.00. The summed E-state index contributed by atoms with van der Waals surface area (Å²) in [5.41, 5.74) is 1.73. The molecule has 0 atom stereocenters. The van der Waals surface area contributed by atoms with Crippen LogP contribution in [0.15, 0.2) is 0 Å². The van der Waals surface area contributed by atoms with E-state index in [4.69, 9.17) is 4.74 Å². The second kappa shape index (κ2) is 6.43. The standard InChI is InChI=1S/C14H21N5O3/c1-22-10-14(21)18-6-3-7-19-12(9-18)11(15-16-19)8-17-5-2-4-13(17)20/h2-10H2,1H3. The van der Waals surface area contributed by atoms with Gasteiger partial charge in [0.05, 0.1) is 18.8 Å². The van der Waals surface area contributed by atoms with E-state index >= 15 is 0 Å². The minimum absolute atomic E-state index is 0.0275. The van der Waals surface area contributed by atoms with Gasteiger partial charge in [-0.1, -0.05) is 5.21 Å². The van der Waals surface area contributed by atoms with Crippen LogP contribution in [0.5, 0.6) is 0 Å². The van der Waals surface area contributed by atoms with Crippen LogP contribution in [0, 0.1) is 0 Å². The molecule has 0 unspecified atom stereocenters. The molecule has 2 aliphatic heterocycles. The first-order valence-corrected chi connectivity index (χ1v) is 7.64. The Morgan fingerprint density at radius 1 is 1.27 bits per heavy atom. The highest BCUT2D eigenvalue weighted by molar-refractivity contribution is 5.78. The van der Waals surface area contributed by atoms with Crippen LogP contribution >= 0.6 is 0 Å². The molecule has 0 bridgehead atoms. The highest BCUT2D eigenvalue weighted by atomic mass is 16.5. The Hall–Kier alpha value is -1.96. The molecular formula is C14H21N5O3. The summed E-state index contributed by atoms with van der Waals surface area (Å²) >= 11 is 0. The summed E-state index contributed by atoms with van der Waals surface area (Å²) in [4.78, 5) is 27.5. The summed E-state index contributed by atoms with van der Waals surface area (Å²) < 4.78 is 6.79. The summed E-state index contributed by atoms with van der Waals surface area (Å²) in [5.74, 6) is 0.142. The molecule has 0 spiro atoms. The van der Waals surface area contributed by atoms with E-state index in [2.05, 4.69) is 10.3 Å². The predicted molar refractivity (Wildman–Crippen MR) is 76.6 cm³/mol. The second-order valence-corrected chi connectivity index (χ2v) is 5.73. The summed E-state index contributed by atoms with van der Waals surface area (Å²) in [7, 11) is 1.52. The van der Waals surface area contributed by atoms with Gasteiger partial charge >= 0.3 is 0 Å². The lowest BCUT2D eigenvalue weighted by atomic mass is 10.2. The van der Waals surface area contributed by atoms with Crippen LogP contribution in [-0.4, -0.2) is 63.4 Å². The number of nitrogens with zero attached hydrogens (tertiary/aromatic N) is 5. The maximum atomic E-state index is 12.1. The summed E-state index contributed by atoms with van der Waals surface area (Å²) in [6.07, 6.45) is 2.36. The Labute approximate surface area is 129 Å². The van der Waals surface area contributed by atoms with E-state index in [9.17, 15) is 9.59 Å². The van der Waals surface area contributed by atoms with Crippen molar-refractivity contribution in [2.24, 2.45) is 0 Å². The monoisotopic (exact) mass is 307 g/mol. The maximum absolute atomic E-state index is 12.1. The zero-order valence-electron chi connectivity index (χ0n) is 12.8. The number of likely N-dealkylation sites (tertiary alicyclic amines) is 1. The number of rotatable bonds is 4. The van der Waals surface area contributed by atoms with Crippen molar-refractivity contribution in [1.29, 1.82) is 0 Å². The molecule has 1 saturated heterocycles. The van der Waals surface area contributed by atoms with Gasteiger partial charge in [0.1, 0.15) is 12.3 Å². The Bertz CT molecular complexity index is 571. The van der Waals surface area contributed by atoms with E-state index in [1.807, 2.05) is 9.58 Å². The van der Waals surface area contributed by atoms with Gasteiger partial charge in [0.2, 0.25) is 11.8 Å². The van der Waals surface area contributed by atoms with Crippen molar-refractivity contribution >= 4 is 11.8 Å². The van der Waals surface area contributed by atoms with Crippen LogP contribution in [0.25, 0.3) is 0 Å². The molecule has 8 heteroatoms. The van der Waals surface area contributed by atoms with Gasteiger partial charge in [0, 0.05) is 33.2 Å². The number of ether oxygens (including phenoxy) is 1. The van der Waals surface area contributed by atoms with Crippen molar-refractivity contribution < 1.29 is 14.3 Å². The van der Waals surface area contributed by atoms with Crippen LogP contribution in [0.4, 0.5) is 0 Å². The molecule has 0 aromatic carbocycles. The number of aromatic nitrogens is 3. The van der Waals surface area contributed by atoms with Crippen LogP contribution in [0.1, 0.15) is 30.7 Å². The van der Waals surface area contributed by atoms with Gasteiger partial charge in [0.25, 0.3) is 0 Å². The molecule has 0 N–H and O–H groups in total. The molecule has 1 aromatic heterocycles. The molecule has 22 heavy (non-hydrogen) atoms. The van der Waals surface area contributed by atoms with Crippen molar-refractivity contribution in [1.82, 2.24) is 24.8 Å². The van der Waals surface area contributed by atoms with Gasteiger partial charge in [-0.05, 0) is 12.8 Å². The number of fused-ring (bicyclic) bond motifs is 1. The van der Waals surface area contributed by atoms with Crippen molar-refractivity contribution in [3.63, 3.8) is 0 Å². The van der Waals surface area contributed by atoms with Gasteiger partial charge < -0.3 is 14.5 Å². The normalized spacial score (nSPS) is 18.5. The van der Waals surface area contributed by atoms with Gasteiger partial charge in [-0.25, -0.2) is 4.68 Å². The van der Waals surface area contributed by atoms with E-state index in [1.165, 1.54) is 7.11 Å². The van der Waals surface area contributed by atoms with E-state index < -0.39 is 0 Å². The van der Waals surface area contributed by atoms with Gasteiger partial charge in [-0.2, -0.15) is 0 Å². The number of amides is 2. The minimum atomic E-state index is -0.0275. The molecule has 3 rings (SSSR count). The molecular weight excluding hydrogens is 286 g/mol. The topological polar surface area (TPSA) is 80.6 Å². The fraction of sp³-hybridized carbons (Fsp3) is 0.714. The molecule has 8 nitrogen and oxygen atoms in total. The Morgan fingerprint density at radius 3 is 2.86 bits per heavy atom. The molecule has 0 saturated carbocycles. The molecule has 1 fully saturated rings. The lowest BCUT2D eigenvalue weighted by Gasteiger charge is -2.20. The number of methoxy groups -OCH3 is 1. The molecule has 2 aliphatic rings. The van der Waals surface area contributed by atoms with Crippen molar-refractivity contribution in [2.75, 3.05) is 26.8 Å². The Kier molecular flexibility index (Phi) is 4.37. The van der Waals surface area contributed by atoms with Crippen molar-refractivity contribution in [2.45, 2.75) is 38.9 Å². The van der Waals surface area contributed by atoms with Crippen LogP contribution in [-0.2, 0) is 34.0 Å². The first-order valence-electron chi connectivity index (χ1n) is 7.64. The molecule has 2 amide bonds. The first kappa shape index (κ1) is 15.0. The van der Waals surface area contributed by atoms with Crippen molar-refractivity contribution in [3.05, 3.63) is 11.4 Å². The van der Waals surface area contributed by atoms with Gasteiger partial charge in [-0.3, -0.25) is 9.59 Å².